The smallest absolute Gasteiger partial charge is 0.170 e. The van der Waals surface area contributed by atoms with Gasteiger partial charge >= 0.3 is 0 Å². The van der Waals surface area contributed by atoms with E-state index in [1.807, 2.05) is 30.4 Å². The standard InChI is InChI=1S/C24H22N2O3/c1-28-20-14-26-15-21-22(20)23(27)12-11-19(17-5-3-2-4-6-17)24(23,29-21)18-9-7-16(13-25)8-10-18/h2-7,9,14-15,19,27H,8,10-12H2,1H3/t19-,23+,24-/m0/s1. The Labute approximate surface area is 169 Å². The lowest BCUT2D eigenvalue weighted by Gasteiger charge is -2.42. The summed E-state index contributed by atoms with van der Waals surface area (Å²) in [6, 6.07) is 12.5. The van der Waals surface area contributed by atoms with Gasteiger partial charge in [0.05, 0.1) is 31.1 Å². The van der Waals surface area contributed by atoms with Gasteiger partial charge in [-0.05, 0) is 42.9 Å². The lowest BCUT2D eigenvalue weighted by Crippen LogP contribution is -2.52. The Bertz CT molecular complexity index is 1070. The van der Waals surface area contributed by atoms with Gasteiger partial charge in [-0.3, -0.25) is 4.98 Å². The van der Waals surface area contributed by atoms with Crippen molar-refractivity contribution in [1.29, 1.82) is 5.26 Å². The van der Waals surface area contributed by atoms with E-state index >= 15 is 0 Å². The van der Waals surface area contributed by atoms with Gasteiger partial charge in [0.15, 0.2) is 5.60 Å². The SMILES string of the molecule is COc1cncc2c1[C@]1(O)CC[C@@H](c3ccccc3)[C@]1(C1=CC=C(C#N)CC1)O2. The molecule has 2 heterocycles. The third-order valence-electron chi connectivity index (χ3n) is 6.65. The number of rotatable bonds is 3. The molecular weight excluding hydrogens is 364 g/mol. The van der Waals surface area contributed by atoms with E-state index in [9.17, 15) is 10.4 Å². The number of aromatic nitrogens is 1. The second kappa shape index (κ2) is 6.47. The fraction of sp³-hybridized carbons (Fsp3) is 0.333. The van der Waals surface area contributed by atoms with E-state index in [2.05, 4.69) is 23.2 Å². The van der Waals surface area contributed by atoms with Gasteiger partial charge in [-0.2, -0.15) is 5.26 Å². The summed E-state index contributed by atoms with van der Waals surface area (Å²) in [5.41, 5.74) is 1.43. The molecule has 0 amide bonds. The Morgan fingerprint density at radius 1 is 1.21 bits per heavy atom. The molecule has 0 radical (unpaired) electrons. The largest absolute Gasteiger partial charge is 0.495 e. The minimum atomic E-state index is -1.22. The number of allylic oxidation sites excluding steroid dienone is 3. The lowest BCUT2D eigenvalue weighted by molar-refractivity contribution is -0.0790. The van der Waals surface area contributed by atoms with Crippen molar-refractivity contribution in [3.05, 3.63) is 77.2 Å². The first-order valence-electron chi connectivity index (χ1n) is 9.93. The van der Waals surface area contributed by atoms with E-state index in [4.69, 9.17) is 9.47 Å². The van der Waals surface area contributed by atoms with Crippen LogP contribution in [0, 0.1) is 11.3 Å². The Kier molecular flexibility index (Phi) is 4.01. The zero-order valence-electron chi connectivity index (χ0n) is 16.3. The van der Waals surface area contributed by atoms with Crippen LogP contribution in [0.15, 0.2) is 66.0 Å². The molecule has 3 aliphatic rings. The summed E-state index contributed by atoms with van der Waals surface area (Å²) in [4.78, 5) is 4.25. The van der Waals surface area contributed by atoms with Crippen LogP contribution in [-0.4, -0.2) is 22.8 Å². The van der Waals surface area contributed by atoms with Crippen molar-refractivity contribution in [2.45, 2.75) is 42.8 Å². The molecule has 5 rings (SSSR count). The summed E-state index contributed by atoms with van der Waals surface area (Å²) >= 11 is 0. The van der Waals surface area contributed by atoms with Gasteiger partial charge in [0, 0.05) is 11.5 Å². The minimum Gasteiger partial charge on any atom is -0.495 e. The summed E-state index contributed by atoms with van der Waals surface area (Å²) in [5.74, 6) is 1.10. The van der Waals surface area contributed by atoms with Crippen molar-refractivity contribution >= 4 is 0 Å². The molecule has 1 fully saturated rings. The van der Waals surface area contributed by atoms with Crippen LogP contribution in [0.3, 0.4) is 0 Å². The summed E-state index contributed by atoms with van der Waals surface area (Å²) < 4.78 is 12.2. The first-order valence-corrected chi connectivity index (χ1v) is 9.93. The van der Waals surface area contributed by atoms with Crippen molar-refractivity contribution < 1.29 is 14.6 Å². The van der Waals surface area contributed by atoms with E-state index < -0.39 is 11.2 Å². The average molecular weight is 386 g/mol. The molecule has 0 unspecified atom stereocenters. The van der Waals surface area contributed by atoms with Gasteiger partial charge in [0.1, 0.15) is 17.1 Å². The average Bonchev–Trinajstić information content (AvgIpc) is 3.21. The molecule has 1 N–H and O–H groups in total. The zero-order valence-corrected chi connectivity index (χ0v) is 16.3. The number of benzene rings is 1. The van der Waals surface area contributed by atoms with Crippen molar-refractivity contribution in [3.63, 3.8) is 0 Å². The van der Waals surface area contributed by atoms with Gasteiger partial charge in [-0.15, -0.1) is 0 Å². The van der Waals surface area contributed by atoms with E-state index in [-0.39, 0.29) is 5.92 Å². The number of pyridine rings is 1. The Morgan fingerprint density at radius 2 is 2.03 bits per heavy atom. The highest BCUT2D eigenvalue weighted by molar-refractivity contribution is 5.59. The van der Waals surface area contributed by atoms with Gasteiger partial charge in [0.25, 0.3) is 0 Å². The molecule has 0 saturated heterocycles. The third-order valence-corrected chi connectivity index (χ3v) is 6.65. The molecule has 0 spiro atoms. The monoisotopic (exact) mass is 386 g/mol. The fourth-order valence-corrected chi connectivity index (χ4v) is 5.41. The number of fused-ring (bicyclic) bond motifs is 3. The highest BCUT2D eigenvalue weighted by atomic mass is 16.5. The van der Waals surface area contributed by atoms with Crippen LogP contribution >= 0.6 is 0 Å². The lowest BCUT2D eigenvalue weighted by atomic mass is 9.69. The molecule has 1 saturated carbocycles. The van der Waals surface area contributed by atoms with Gasteiger partial charge in [-0.25, -0.2) is 0 Å². The second-order valence-electron chi connectivity index (χ2n) is 7.91. The molecule has 3 atom stereocenters. The summed E-state index contributed by atoms with van der Waals surface area (Å²) in [7, 11) is 1.59. The molecule has 146 valence electrons. The number of hydrogen-bond donors (Lipinski definition) is 1. The second-order valence-corrected chi connectivity index (χ2v) is 7.91. The maximum atomic E-state index is 12.2. The Morgan fingerprint density at radius 3 is 2.72 bits per heavy atom. The maximum Gasteiger partial charge on any atom is 0.170 e. The molecule has 1 aromatic carbocycles. The first-order chi connectivity index (χ1) is 14.1. The van der Waals surface area contributed by atoms with Crippen molar-refractivity contribution in [1.82, 2.24) is 4.98 Å². The highest BCUT2D eigenvalue weighted by Gasteiger charge is 2.69. The van der Waals surface area contributed by atoms with Crippen LogP contribution in [0.2, 0.25) is 0 Å². The molecule has 2 aromatic rings. The zero-order chi connectivity index (χ0) is 20.1. The molecule has 5 heteroatoms. The molecule has 1 aliphatic heterocycles. The predicted molar refractivity (Wildman–Crippen MR) is 107 cm³/mol. The summed E-state index contributed by atoms with van der Waals surface area (Å²) in [5, 5.41) is 21.5. The highest BCUT2D eigenvalue weighted by Crippen LogP contribution is 2.66. The summed E-state index contributed by atoms with van der Waals surface area (Å²) in [6.07, 6.45) is 9.80. The first kappa shape index (κ1) is 18.0. The van der Waals surface area contributed by atoms with Crippen LogP contribution in [0.4, 0.5) is 0 Å². The normalized spacial score (nSPS) is 29.8. The molecule has 1 aromatic heterocycles. The Balaban J connectivity index is 1.75. The minimum absolute atomic E-state index is 0.0194. The van der Waals surface area contributed by atoms with Gasteiger partial charge in [-0.1, -0.05) is 36.4 Å². The van der Waals surface area contributed by atoms with Crippen molar-refractivity contribution in [2.75, 3.05) is 7.11 Å². The number of ether oxygens (including phenoxy) is 2. The van der Waals surface area contributed by atoms with Crippen molar-refractivity contribution in [3.8, 4) is 17.6 Å². The topological polar surface area (TPSA) is 75.4 Å². The van der Waals surface area contributed by atoms with Crippen LogP contribution in [0.5, 0.6) is 11.5 Å². The molecule has 2 aliphatic carbocycles. The maximum absolute atomic E-state index is 12.2. The summed E-state index contributed by atoms with van der Waals surface area (Å²) in [6.45, 7) is 0. The number of hydrogen-bond acceptors (Lipinski definition) is 5. The molecule has 5 nitrogen and oxygen atoms in total. The third kappa shape index (κ3) is 2.33. The molecule has 29 heavy (non-hydrogen) atoms. The van der Waals surface area contributed by atoms with E-state index in [0.29, 0.717) is 36.3 Å². The van der Waals surface area contributed by atoms with E-state index in [1.165, 1.54) is 0 Å². The molecule has 0 bridgehead atoms. The van der Waals surface area contributed by atoms with Crippen LogP contribution in [-0.2, 0) is 5.60 Å². The number of methoxy groups -OCH3 is 1. The predicted octanol–water partition coefficient (Wildman–Crippen LogP) is 4.16. The number of aliphatic hydroxyl groups is 1. The number of nitriles is 1. The number of nitrogens with zero attached hydrogens (tertiary/aromatic N) is 2. The van der Waals surface area contributed by atoms with Crippen LogP contribution in [0.1, 0.15) is 42.7 Å². The van der Waals surface area contributed by atoms with Gasteiger partial charge in [0.2, 0.25) is 0 Å². The van der Waals surface area contributed by atoms with Gasteiger partial charge < -0.3 is 14.6 Å². The van der Waals surface area contributed by atoms with E-state index in [1.54, 1.807) is 19.5 Å². The van der Waals surface area contributed by atoms with E-state index in [0.717, 1.165) is 23.1 Å². The quantitative estimate of drug-likeness (QED) is 0.857. The fourth-order valence-electron chi connectivity index (χ4n) is 5.41. The Hall–Kier alpha value is -3.10. The van der Waals surface area contributed by atoms with Crippen LogP contribution in [0.25, 0.3) is 0 Å². The van der Waals surface area contributed by atoms with Crippen LogP contribution < -0.4 is 9.47 Å². The molecular formula is C24H22N2O3. The van der Waals surface area contributed by atoms with Crippen molar-refractivity contribution in [2.24, 2.45) is 0 Å².